The lowest BCUT2D eigenvalue weighted by atomic mass is 10.2. The second-order valence-corrected chi connectivity index (χ2v) is 6.98. The number of aryl methyl sites for hydroxylation is 1. The number of hydrogen-bond donors (Lipinski definition) is 2. The highest BCUT2D eigenvalue weighted by Crippen LogP contribution is 2.15. The van der Waals surface area contributed by atoms with Gasteiger partial charge >= 0.3 is 0 Å². The van der Waals surface area contributed by atoms with Crippen LogP contribution in [0.4, 0.5) is 0 Å². The van der Waals surface area contributed by atoms with E-state index < -0.39 is 0 Å². The zero-order valence-electron chi connectivity index (χ0n) is 17.6. The van der Waals surface area contributed by atoms with Crippen LogP contribution in [0, 0.1) is 6.92 Å². The Bertz CT molecular complexity index is 630. The fourth-order valence-electron chi connectivity index (χ4n) is 2.02. The summed E-state index contributed by atoms with van der Waals surface area (Å²) in [5, 5.41) is 2.47. The number of carbonyl (C=O) groups is 2. The van der Waals surface area contributed by atoms with E-state index in [0.717, 1.165) is 13.0 Å². The highest BCUT2D eigenvalue weighted by atomic mass is 32.2. The van der Waals surface area contributed by atoms with Crippen LogP contribution in [-0.4, -0.2) is 34.3 Å². The molecule has 0 spiro atoms. The number of hydrogen-bond acceptors (Lipinski definition) is 5. The van der Waals surface area contributed by atoms with E-state index in [1.807, 2.05) is 26.4 Å². The van der Waals surface area contributed by atoms with E-state index in [9.17, 15) is 9.59 Å². The standard InChI is InChI=1S/C13H17N3S.C6H11NO2.C2H6/c1-11-3-5-13(6-4-11)17-15-12(2)9-16-8-7-14-10-16;1-6(9)3-2-4-7-5-8;1-2/h3-8,10,12,15H,9H2,1-2H3;5H,2-4H2,1H3,(H,7,8);1-2H3. The minimum Gasteiger partial charge on any atom is -0.359 e. The van der Waals surface area contributed by atoms with Crippen LogP contribution in [-0.2, 0) is 16.1 Å². The number of nitrogens with one attached hydrogen (secondary N) is 2. The van der Waals surface area contributed by atoms with Crippen molar-refractivity contribution in [3.63, 3.8) is 0 Å². The van der Waals surface area contributed by atoms with Gasteiger partial charge in [0, 0.05) is 42.8 Å². The fraction of sp³-hybridized carbons (Fsp3) is 0.476. The maximum atomic E-state index is 10.3. The maximum Gasteiger partial charge on any atom is 0.207 e. The van der Waals surface area contributed by atoms with Crippen molar-refractivity contribution in [3.8, 4) is 0 Å². The lowest BCUT2D eigenvalue weighted by Crippen LogP contribution is -2.24. The van der Waals surface area contributed by atoms with Crippen LogP contribution in [0.2, 0.25) is 0 Å². The molecule has 1 aromatic heterocycles. The monoisotopic (exact) mass is 406 g/mol. The zero-order valence-corrected chi connectivity index (χ0v) is 18.5. The van der Waals surface area contributed by atoms with E-state index in [0.29, 0.717) is 25.4 Å². The zero-order chi connectivity index (χ0) is 21.2. The summed E-state index contributed by atoms with van der Waals surface area (Å²) in [4.78, 5) is 25.2. The van der Waals surface area contributed by atoms with E-state index in [1.165, 1.54) is 10.5 Å². The average molecular weight is 407 g/mol. The van der Waals surface area contributed by atoms with Gasteiger partial charge in [0.1, 0.15) is 5.78 Å². The predicted molar refractivity (Wildman–Crippen MR) is 117 cm³/mol. The van der Waals surface area contributed by atoms with E-state index in [4.69, 9.17) is 0 Å². The van der Waals surface area contributed by atoms with Crippen molar-refractivity contribution < 1.29 is 9.59 Å². The fourth-order valence-corrected chi connectivity index (χ4v) is 2.71. The van der Waals surface area contributed by atoms with Gasteiger partial charge < -0.3 is 14.7 Å². The summed E-state index contributed by atoms with van der Waals surface area (Å²) >= 11 is 1.68. The molecule has 6 nitrogen and oxygen atoms in total. The van der Waals surface area contributed by atoms with Gasteiger partial charge in [-0.3, -0.25) is 9.52 Å². The maximum absolute atomic E-state index is 10.3. The van der Waals surface area contributed by atoms with Crippen molar-refractivity contribution in [2.45, 2.75) is 64.9 Å². The second kappa shape index (κ2) is 17.0. The second-order valence-electron chi connectivity index (χ2n) is 6.07. The third-order valence-electron chi connectivity index (χ3n) is 3.38. The third kappa shape index (κ3) is 14.0. The smallest absolute Gasteiger partial charge is 0.207 e. The number of aromatic nitrogens is 2. The van der Waals surface area contributed by atoms with Crippen molar-refractivity contribution in [1.29, 1.82) is 0 Å². The molecule has 0 aliphatic carbocycles. The molecular formula is C21H34N4O2S. The van der Waals surface area contributed by atoms with Gasteiger partial charge in [-0.25, -0.2) is 4.98 Å². The summed E-state index contributed by atoms with van der Waals surface area (Å²) in [5.74, 6) is 0.169. The molecular weight excluding hydrogens is 372 g/mol. The first-order valence-electron chi connectivity index (χ1n) is 9.62. The van der Waals surface area contributed by atoms with Crippen molar-refractivity contribution >= 4 is 24.1 Å². The molecule has 0 saturated heterocycles. The Balaban J connectivity index is 0.000000566. The molecule has 0 saturated carbocycles. The predicted octanol–water partition coefficient (Wildman–Crippen LogP) is 4.00. The lowest BCUT2D eigenvalue weighted by Gasteiger charge is -2.13. The van der Waals surface area contributed by atoms with Gasteiger partial charge in [-0.05, 0) is 51.3 Å². The number of imidazole rings is 1. The molecule has 7 heteroatoms. The summed E-state index contributed by atoms with van der Waals surface area (Å²) < 4.78 is 5.50. The molecule has 156 valence electrons. The van der Waals surface area contributed by atoms with E-state index in [2.05, 4.69) is 57.7 Å². The normalized spacial score (nSPS) is 10.6. The van der Waals surface area contributed by atoms with Gasteiger partial charge in [-0.15, -0.1) is 0 Å². The van der Waals surface area contributed by atoms with Gasteiger partial charge in [-0.1, -0.05) is 31.5 Å². The van der Waals surface area contributed by atoms with Crippen molar-refractivity contribution in [1.82, 2.24) is 19.6 Å². The number of benzene rings is 1. The topological polar surface area (TPSA) is 76.0 Å². The van der Waals surface area contributed by atoms with Crippen LogP contribution in [0.3, 0.4) is 0 Å². The number of ketones is 1. The van der Waals surface area contributed by atoms with Crippen LogP contribution in [0.1, 0.15) is 46.1 Å². The van der Waals surface area contributed by atoms with Gasteiger partial charge in [0.2, 0.25) is 6.41 Å². The lowest BCUT2D eigenvalue weighted by molar-refractivity contribution is -0.117. The van der Waals surface area contributed by atoms with Crippen LogP contribution in [0.25, 0.3) is 0 Å². The average Bonchev–Trinajstić information content (AvgIpc) is 3.20. The van der Waals surface area contributed by atoms with Crippen molar-refractivity contribution in [2.75, 3.05) is 6.54 Å². The molecule has 0 aliphatic rings. The van der Waals surface area contributed by atoms with E-state index in [-0.39, 0.29) is 5.78 Å². The highest BCUT2D eigenvalue weighted by Gasteiger charge is 2.02. The number of Topliss-reactive ketones (excluding diaryl/α,β-unsaturated/α-hetero) is 1. The van der Waals surface area contributed by atoms with E-state index in [1.54, 1.807) is 25.1 Å². The first-order chi connectivity index (χ1) is 13.5. The molecule has 1 unspecified atom stereocenters. The molecule has 1 atom stereocenters. The molecule has 1 amide bonds. The minimum atomic E-state index is 0.169. The van der Waals surface area contributed by atoms with E-state index >= 15 is 0 Å². The molecule has 2 N–H and O–H groups in total. The number of carbonyl (C=O) groups excluding carboxylic acids is 2. The van der Waals surface area contributed by atoms with Gasteiger partial charge in [0.25, 0.3) is 0 Å². The largest absolute Gasteiger partial charge is 0.359 e. The summed E-state index contributed by atoms with van der Waals surface area (Å²) in [6, 6.07) is 8.93. The molecule has 2 aromatic rings. The molecule has 0 radical (unpaired) electrons. The Morgan fingerprint density at radius 2 is 1.96 bits per heavy atom. The van der Waals surface area contributed by atoms with Crippen LogP contribution >= 0.6 is 11.9 Å². The molecule has 1 heterocycles. The van der Waals surface area contributed by atoms with Gasteiger partial charge in [-0.2, -0.15) is 0 Å². The first-order valence-corrected chi connectivity index (χ1v) is 10.4. The highest BCUT2D eigenvalue weighted by molar-refractivity contribution is 7.97. The Labute approximate surface area is 173 Å². The Morgan fingerprint density at radius 3 is 2.50 bits per heavy atom. The van der Waals surface area contributed by atoms with Crippen LogP contribution in [0.15, 0.2) is 47.9 Å². The Morgan fingerprint density at radius 1 is 1.29 bits per heavy atom. The third-order valence-corrected chi connectivity index (χ3v) is 4.40. The van der Waals surface area contributed by atoms with Crippen molar-refractivity contribution in [3.05, 3.63) is 48.5 Å². The van der Waals surface area contributed by atoms with Gasteiger partial charge in [0.15, 0.2) is 0 Å². The quantitative estimate of drug-likeness (QED) is 0.354. The van der Waals surface area contributed by atoms with Crippen LogP contribution < -0.4 is 10.0 Å². The molecule has 2 rings (SSSR count). The van der Waals surface area contributed by atoms with Crippen LogP contribution in [0.5, 0.6) is 0 Å². The number of nitrogens with zero attached hydrogens (tertiary/aromatic N) is 2. The summed E-state index contributed by atoms with van der Waals surface area (Å²) in [6.07, 6.45) is 7.57. The number of rotatable bonds is 10. The van der Waals surface area contributed by atoms with Crippen molar-refractivity contribution in [2.24, 2.45) is 0 Å². The summed E-state index contributed by atoms with van der Waals surface area (Å²) in [5.41, 5.74) is 1.29. The minimum absolute atomic E-state index is 0.169. The first kappa shape index (κ1) is 25.9. The summed E-state index contributed by atoms with van der Waals surface area (Å²) in [6.45, 7) is 11.3. The van der Waals surface area contributed by atoms with Gasteiger partial charge in [0.05, 0.1) is 6.33 Å². The molecule has 0 bridgehead atoms. The molecule has 1 aromatic carbocycles. The molecule has 0 fully saturated rings. The Hall–Kier alpha value is -2.12. The molecule has 0 aliphatic heterocycles. The Kier molecular flexibility index (Phi) is 15.7. The summed E-state index contributed by atoms with van der Waals surface area (Å²) in [7, 11) is 0. The number of amides is 1. The molecule has 28 heavy (non-hydrogen) atoms. The SMILES string of the molecule is CC.CC(=O)CCCNC=O.Cc1ccc(SNC(C)Cn2ccnc2)cc1.